The van der Waals surface area contributed by atoms with Gasteiger partial charge in [-0.05, 0) is 31.6 Å². The van der Waals surface area contributed by atoms with E-state index in [1.807, 2.05) is 6.92 Å². The lowest BCUT2D eigenvalue weighted by molar-refractivity contribution is -0.139. The topological polar surface area (TPSA) is 66.6 Å². The summed E-state index contributed by atoms with van der Waals surface area (Å²) >= 11 is 0. The molecule has 0 aromatic rings. The van der Waals surface area contributed by atoms with Gasteiger partial charge in [-0.1, -0.05) is 19.8 Å². The van der Waals surface area contributed by atoms with Crippen molar-refractivity contribution in [1.82, 2.24) is 9.80 Å². The smallest absolute Gasteiger partial charge is 0.241 e. The number of carbonyl (C=O) groups excluding carboxylic acids is 2. The zero-order chi connectivity index (χ0) is 15.8. The first-order chi connectivity index (χ1) is 9.93. The molecule has 1 rings (SSSR count). The summed E-state index contributed by atoms with van der Waals surface area (Å²) in [4.78, 5) is 27.4. The van der Waals surface area contributed by atoms with Crippen molar-refractivity contribution in [3.63, 3.8) is 0 Å². The first-order valence-electron chi connectivity index (χ1n) is 8.17. The normalized spacial score (nSPS) is 21.9. The minimum atomic E-state index is -0.0171. The maximum atomic E-state index is 12.3. The number of nitrogens with two attached hydrogens (primary N) is 1. The van der Waals surface area contributed by atoms with Crippen molar-refractivity contribution < 1.29 is 9.59 Å². The van der Waals surface area contributed by atoms with E-state index in [1.165, 1.54) is 17.7 Å². The summed E-state index contributed by atoms with van der Waals surface area (Å²) in [5.41, 5.74) is 5.99. The highest BCUT2D eigenvalue weighted by Gasteiger charge is 2.22. The van der Waals surface area contributed by atoms with Crippen LogP contribution >= 0.6 is 0 Å². The van der Waals surface area contributed by atoms with Gasteiger partial charge < -0.3 is 15.5 Å². The molecule has 0 saturated heterocycles. The van der Waals surface area contributed by atoms with Crippen molar-refractivity contribution >= 4 is 11.8 Å². The lowest BCUT2D eigenvalue weighted by Crippen LogP contribution is -2.40. The van der Waals surface area contributed by atoms with Crippen LogP contribution in [0.2, 0.25) is 0 Å². The molecule has 0 aromatic carbocycles. The largest absolute Gasteiger partial charge is 0.347 e. The molecule has 0 aliphatic heterocycles. The quantitative estimate of drug-likeness (QED) is 0.776. The maximum Gasteiger partial charge on any atom is 0.241 e. The minimum absolute atomic E-state index is 0.0171. The van der Waals surface area contributed by atoms with Crippen LogP contribution in [0.5, 0.6) is 0 Å². The summed E-state index contributed by atoms with van der Waals surface area (Å²) in [6, 6.07) is 0.306. The van der Waals surface area contributed by atoms with Gasteiger partial charge in [0.15, 0.2) is 0 Å². The van der Waals surface area contributed by atoms with Gasteiger partial charge in [-0.3, -0.25) is 9.59 Å². The summed E-state index contributed by atoms with van der Waals surface area (Å²) in [5, 5.41) is 0. The zero-order valence-corrected chi connectivity index (χ0v) is 13.8. The van der Waals surface area contributed by atoms with Gasteiger partial charge in [0.05, 0.1) is 6.54 Å². The van der Waals surface area contributed by atoms with Gasteiger partial charge in [0.25, 0.3) is 0 Å². The van der Waals surface area contributed by atoms with Gasteiger partial charge in [-0.15, -0.1) is 0 Å². The van der Waals surface area contributed by atoms with E-state index >= 15 is 0 Å². The van der Waals surface area contributed by atoms with E-state index in [9.17, 15) is 9.59 Å². The molecule has 2 N–H and O–H groups in total. The van der Waals surface area contributed by atoms with Crippen molar-refractivity contribution in [2.24, 2.45) is 11.7 Å². The second-order valence-corrected chi connectivity index (χ2v) is 6.43. The third kappa shape index (κ3) is 6.46. The van der Waals surface area contributed by atoms with Gasteiger partial charge in [-0.2, -0.15) is 0 Å². The summed E-state index contributed by atoms with van der Waals surface area (Å²) in [5.74, 6) is 0.661. The number of nitrogens with zero attached hydrogens (tertiary/aromatic N) is 2. The van der Waals surface area contributed by atoms with Crippen LogP contribution < -0.4 is 5.73 Å². The van der Waals surface area contributed by atoms with E-state index in [4.69, 9.17) is 5.73 Å². The zero-order valence-electron chi connectivity index (χ0n) is 13.8. The molecule has 1 aliphatic carbocycles. The molecule has 2 amide bonds. The number of carbonyl (C=O) groups is 2. The molecule has 21 heavy (non-hydrogen) atoms. The highest BCUT2D eigenvalue weighted by Crippen LogP contribution is 2.27. The van der Waals surface area contributed by atoms with Crippen LogP contribution in [0, 0.1) is 5.92 Å². The summed E-state index contributed by atoms with van der Waals surface area (Å²) < 4.78 is 0. The molecular formula is C16H31N3O2. The number of rotatable bonds is 7. The molecule has 1 saturated carbocycles. The standard InChI is InChI=1S/C16H31N3O2/c1-4-10-19(12-16(21)18(2)3)15(20)9-8-13-6-5-7-14(17)11-13/h13-14H,4-12,17H2,1-3H3. The van der Waals surface area contributed by atoms with Crippen molar-refractivity contribution in [3.8, 4) is 0 Å². The highest BCUT2D eigenvalue weighted by atomic mass is 16.2. The Morgan fingerprint density at radius 3 is 2.48 bits per heavy atom. The van der Waals surface area contributed by atoms with Crippen LogP contribution in [0.15, 0.2) is 0 Å². The number of amides is 2. The molecule has 1 fully saturated rings. The van der Waals surface area contributed by atoms with E-state index in [0.717, 1.165) is 25.7 Å². The molecule has 0 bridgehead atoms. The predicted molar refractivity (Wildman–Crippen MR) is 84.7 cm³/mol. The third-order valence-electron chi connectivity index (χ3n) is 4.26. The molecule has 2 atom stereocenters. The molecule has 0 spiro atoms. The first kappa shape index (κ1) is 18.0. The van der Waals surface area contributed by atoms with Crippen LogP contribution in [0.4, 0.5) is 0 Å². The molecule has 122 valence electrons. The molecule has 5 heteroatoms. The average molecular weight is 297 g/mol. The van der Waals surface area contributed by atoms with Crippen molar-refractivity contribution in [2.75, 3.05) is 27.2 Å². The Labute approximate surface area is 128 Å². The molecule has 5 nitrogen and oxygen atoms in total. The van der Waals surface area contributed by atoms with Gasteiger partial charge in [0, 0.05) is 33.1 Å². The van der Waals surface area contributed by atoms with E-state index in [1.54, 1.807) is 19.0 Å². The molecule has 1 aliphatic rings. The van der Waals surface area contributed by atoms with Gasteiger partial charge >= 0.3 is 0 Å². The van der Waals surface area contributed by atoms with Crippen molar-refractivity contribution in [3.05, 3.63) is 0 Å². The van der Waals surface area contributed by atoms with Gasteiger partial charge in [0.2, 0.25) is 11.8 Å². The predicted octanol–water partition coefficient (Wildman–Crippen LogP) is 1.61. The lowest BCUT2D eigenvalue weighted by atomic mass is 9.83. The number of hydrogen-bond donors (Lipinski definition) is 1. The fourth-order valence-electron chi connectivity index (χ4n) is 2.95. The highest BCUT2D eigenvalue weighted by molar-refractivity contribution is 5.84. The van der Waals surface area contributed by atoms with E-state index < -0.39 is 0 Å². The first-order valence-corrected chi connectivity index (χ1v) is 8.17. The minimum Gasteiger partial charge on any atom is -0.347 e. The second-order valence-electron chi connectivity index (χ2n) is 6.43. The number of likely N-dealkylation sites (N-methyl/N-ethyl adjacent to an activating group) is 1. The van der Waals surface area contributed by atoms with Crippen molar-refractivity contribution in [1.29, 1.82) is 0 Å². The van der Waals surface area contributed by atoms with Crippen LogP contribution in [0.1, 0.15) is 51.9 Å². The number of hydrogen-bond acceptors (Lipinski definition) is 3. The second kappa shape index (κ2) is 9.03. The SMILES string of the molecule is CCCN(CC(=O)N(C)C)C(=O)CCC1CCCC(N)C1. The van der Waals surface area contributed by atoms with Crippen LogP contribution in [-0.2, 0) is 9.59 Å². The van der Waals surface area contributed by atoms with E-state index in [2.05, 4.69) is 0 Å². The van der Waals surface area contributed by atoms with Crippen LogP contribution in [-0.4, -0.2) is 54.8 Å². The maximum absolute atomic E-state index is 12.3. The van der Waals surface area contributed by atoms with Gasteiger partial charge in [0.1, 0.15) is 0 Å². The van der Waals surface area contributed by atoms with Crippen LogP contribution in [0.25, 0.3) is 0 Å². The average Bonchev–Trinajstić information content (AvgIpc) is 2.44. The molecule has 0 heterocycles. The van der Waals surface area contributed by atoms with Gasteiger partial charge in [-0.25, -0.2) is 0 Å². The fourth-order valence-corrected chi connectivity index (χ4v) is 2.95. The molecule has 0 aromatic heterocycles. The Hall–Kier alpha value is -1.10. The molecular weight excluding hydrogens is 266 g/mol. The summed E-state index contributed by atoms with van der Waals surface area (Å²) in [6.45, 7) is 2.88. The summed E-state index contributed by atoms with van der Waals surface area (Å²) in [6.07, 6.45) is 6.84. The monoisotopic (exact) mass is 297 g/mol. The summed E-state index contributed by atoms with van der Waals surface area (Å²) in [7, 11) is 3.45. The van der Waals surface area contributed by atoms with E-state index in [0.29, 0.717) is 24.9 Å². The Balaban J connectivity index is 2.43. The Morgan fingerprint density at radius 2 is 1.90 bits per heavy atom. The molecule has 0 radical (unpaired) electrons. The third-order valence-corrected chi connectivity index (χ3v) is 4.26. The van der Waals surface area contributed by atoms with Crippen molar-refractivity contribution in [2.45, 2.75) is 57.9 Å². The Bertz CT molecular complexity index is 344. The fraction of sp³-hybridized carbons (Fsp3) is 0.875. The Kier molecular flexibility index (Phi) is 7.72. The van der Waals surface area contributed by atoms with E-state index in [-0.39, 0.29) is 18.4 Å². The lowest BCUT2D eigenvalue weighted by Gasteiger charge is -2.28. The Morgan fingerprint density at radius 1 is 1.19 bits per heavy atom. The molecule has 2 unspecified atom stereocenters. The van der Waals surface area contributed by atoms with Crippen LogP contribution in [0.3, 0.4) is 0 Å².